The molecule has 0 amide bonds. The second kappa shape index (κ2) is 14.1. The van der Waals surface area contributed by atoms with Gasteiger partial charge in [-0.3, -0.25) is 9.80 Å². The maximum Gasteiger partial charge on any atom is 0.0147 e. The Morgan fingerprint density at radius 1 is 0.250 bits per heavy atom. The molecule has 0 aromatic rings. The SMILES string of the molecule is BrC1CCC(N(C2CCC(Br)CC2)C2CCC(N(C3CCC(Br)CC3)C3CCC(Br)CC3)CC2)CC1. The molecule has 0 spiro atoms. The van der Waals surface area contributed by atoms with Crippen LogP contribution in [-0.2, 0) is 0 Å². The Bertz CT molecular complexity index is 539. The average molecular weight is 758 g/mol. The van der Waals surface area contributed by atoms with Crippen molar-refractivity contribution in [2.75, 3.05) is 0 Å². The third-order valence-corrected chi connectivity index (χ3v) is 14.4. The van der Waals surface area contributed by atoms with E-state index in [1.807, 2.05) is 0 Å². The number of halogens is 4. The van der Waals surface area contributed by atoms with Crippen LogP contribution in [0.5, 0.6) is 0 Å². The summed E-state index contributed by atoms with van der Waals surface area (Å²) in [4.78, 5) is 9.35. The number of hydrogen-bond acceptors (Lipinski definition) is 2. The molecule has 0 bridgehead atoms. The molecule has 0 radical (unpaired) electrons. The van der Waals surface area contributed by atoms with Gasteiger partial charge in [0, 0.05) is 55.6 Å². The maximum atomic E-state index is 3.94. The van der Waals surface area contributed by atoms with E-state index in [4.69, 9.17) is 0 Å². The van der Waals surface area contributed by atoms with Crippen LogP contribution in [0.15, 0.2) is 0 Å². The van der Waals surface area contributed by atoms with Crippen LogP contribution >= 0.6 is 63.7 Å². The molecular formula is C30H50Br4N2. The van der Waals surface area contributed by atoms with Crippen molar-refractivity contribution in [3.63, 3.8) is 0 Å². The number of nitrogens with zero attached hydrogens (tertiary/aromatic N) is 2. The lowest BCUT2D eigenvalue weighted by molar-refractivity contribution is -0.0165. The van der Waals surface area contributed by atoms with Crippen molar-refractivity contribution in [1.29, 1.82) is 0 Å². The highest BCUT2D eigenvalue weighted by Gasteiger charge is 2.41. The molecule has 5 aliphatic carbocycles. The molecule has 0 saturated heterocycles. The summed E-state index contributed by atoms with van der Waals surface area (Å²) in [6.07, 6.45) is 28.2. The summed E-state index contributed by atoms with van der Waals surface area (Å²) in [5, 5.41) is 0. The van der Waals surface area contributed by atoms with Gasteiger partial charge in [0.2, 0.25) is 0 Å². The standard InChI is InChI=1S/C30H50Br4N2/c31-21-1-9-25(10-2-21)35(26-11-3-22(32)4-12-26)29-17-19-30(20-18-29)36(27-13-5-23(33)6-14-27)28-15-7-24(34)8-16-28/h21-30H,1-20H2. The van der Waals surface area contributed by atoms with E-state index in [0.29, 0.717) is 0 Å². The normalized spacial score (nSPS) is 45.2. The molecule has 0 heterocycles. The second-order valence-corrected chi connectivity index (χ2v) is 18.2. The molecule has 0 unspecified atom stereocenters. The summed E-state index contributed by atoms with van der Waals surface area (Å²) in [7, 11) is 0. The predicted molar refractivity (Wildman–Crippen MR) is 170 cm³/mol. The van der Waals surface area contributed by atoms with Crippen molar-refractivity contribution in [2.45, 2.75) is 184 Å². The van der Waals surface area contributed by atoms with Gasteiger partial charge in [-0.2, -0.15) is 0 Å². The minimum absolute atomic E-state index is 0.766. The van der Waals surface area contributed by atoms with Crippen molar-refractivity contribution in [2.24, 2.45) is 0 Å². The molecule has 0 aromatic carbocycles. The first-order valence-corrected chi connectivity index (χ1v) is 19.2. The quantitative estimate of drug-likeness (QED) is 0.249. The van der Waals surface area contributed by atoms with E-state index in [1.54, 1.807) is 0 Å². The van der Waals surface area contributed by atoms with Gasteiger partial charge in [-0.15, -0.1) is 0 Å². The molecule has 5 fully saturated rings. The van der Waals surface area contributed by atoms with Crippen LogP contribution in [0, 0.1) is 0 Å². The van der Waals surface area contributed by atoms with E-state index in [9.17, 15) is 0 Å². The van der Waals surface area contributed by atoms with Crippen LogP contribution in [0.2, 0.25) is 0 Å². The van der Waals surface area contributed by atoms with Crippen molar-refractivity contribution < 1.29 is 0 Å². The molecule has 5 rings (SSSR count). The van der Waals surface area contributed by atoms with Gasteiger partial charge < -0.3 is 0 Å². The molecule has 0 aromatic heterocycles. The lowest BCUT2D eigenvalue weighted by atomic mass is 9.80. The van der Waals surface area contributed by atoms with Gasteiger partial charge in [0.15, 0.2) is 0 Å². The third kappa shape index (κ3) is 7.56. The first kappa shape index (κ1) is 29.3. The van der Waals surface area contributed by atoms with Gasteiger partial charge in [0.25, 0.3) is 0 Å². The Balaban J connectivity index is 1.25. The molecule has 36 heavy (non-hydrogen) atoms. The van der Waals surface area contributed by atoms with Gasteiger partial charge in [-0.1, -0.05) is 63.7 Å². The van der Waals surface area contributed by atoms with E-state index in [2.05, 4.69) is 73.5 Å². The first-order chi connectivity index (χ1) is 17.5. The van der Waals surface area contributed by atoms with Crippen molar-refractivity contribution >= 4 is 63.7 Å². The highest BCUT2D eigenvalue weighted by atomic mass is 79.9. The first-order valence-electron chi connectivity index (χ1n) is 15.6. The van der Waals surface area contributed by atoms with E-state index in [1.165, 1.54) is 128 Å². The Morgan fingerprint density at radius 2 is 0.389 bits per heavy atom. The summed E-state index contributed by atoms with van der Waals surface area (Å²) >= 11 is 15.7. The molecule has 2 nitrogen and oxygen atoms in total. The Hall–Kier alpha value is 1.84. The fourth-order valence-corrected chi connectivity index (χ4v) is 10.9. The van der Waals surface area contributed by atoms with Crippen LogP contribution in [0.3, 0.4) is 0 Å². The van der Waals surface area contributed by atoms with E-state index in [-0.39, 0.29) is 0 Å². The van der Waals surface area contributed by atoms with Gasteiger partial charge in [0.1, 0.15) is 0 Å². The average Bonchev–Trinajstić information content (AvgIpc) is 2.90. The van der Waals surface area contributed by atoms with Crippen molar-refractivity contribution in [1.82, 2.24) is 9.80 Å². The fourth-order valence-electron chi connectivity index (χ4n) is 8.78. The van der Waals surface area contributed by atoms with Crippen LogP contribution in [0.1, 0.15) is 128 Å². The van der Waals surface area contributed by atoms with Crippen molar-refractivity contribution in [3.05, 3.63) is 0 Å². The number of rotatable bonds is 6. The summed E-state index contributed by atoms with van der Waals surface area (Å²) in [6, 6.07) is 5.06. The number of alkyl halides is 4. The van der Waals surface area contributed by atoms with Crippen molar-refractivity contribution in [3.8, 4) is 0 Å². The molecule has 5 aliphatic rings. The van der Waals surface area contributed by atoms with Crippen LogP contribution in [-0.4, -0.2) is 65.4 Å². The summed E-state index contributed by atoms with van der Waals surface area (Å²) in [5.74, 6) is 0. The zero-order valence-corrected chi connectivity index (χ0v) is 28.7. The maximum absolute atomic E-state index is 3.94. The van der Waals surface area contributed by atoms with E-state index in [0.717, 1.165) is 55.6 Å². The van der Waals surface area contributed by atoms with E-state index < -0.39 is 0 Å². The lowest BCUT2D eigenvalue weighted by Gasteiger charge is -2.52. The fraction of sp³-hybridized carbons (Fsp3) is 1.00. The Morgan fingerprint density at radius 3 is 0.556 bits per heavy atom. The third-order valence-electron chi connectivity index (χ3n) is 10.7. The van der Waals surface area contributed by atoms with Crippen LogP contribution in [0.4, 0.5) is 0 Å². The lowest BCUT2D eigenvalue weighted by Crippen LogP contribution is -2.56. The topological polar surface area (TPSA) is 6.48 Å². The molecule has 6 heteroatoms. The van der Waals surface area contributed by atoms with Crippen LogP contribution in [0.25, 0.3) is 0 Å². The minimum atomic E-state index is 0.766. The zero-order valence-electron chi connectivity index (χ0n) is 22.3. The van der Waals surface area contributed by atoms with Gasteiger partial charge in [0.05, 0.1) is 0 Å². The van der Waals surface area contributed by atoms with Gasteiger partial charge in [-0.05, 0) is 128 Å². The zero-order chi connectivity index (χ0) is 25.1. The predicted octanol–water partition coefficient (Wildman–Crippen LogP) is 9.73. The minimum Gasteiger partial charge on any atom is -0.294 e. The summed E-state index contributed by atoms with van der Waals surface area (Å²) < 4.78 is 0. The highest BCUT2D eigenvalue weighted by molar-refractivity contribution is 9.10. The second-order valence-electron chi connectivity index (χ2n) is 13.0. The molecular weight excluding hydrogens is 708 g/mol. The van der Waals surface area contributed by atoms with Crippen LogP contribution < -0.4 is 0 Å². The number of hydrogen-bond donors (Lipinski definition) is 0. The van der Waals surface area contributed by atoms with Gasteiger partial charge >= 0.3 is 0 Å². The monoisotopic (exact) mass is 754 g/mol. The molecule has 0 atom stereocenters. The Labute approximate surface area is 255 Å². The summed E-state index contributed by atoms with van der Waals surface area (Å²) in [6.45, 7) is 0. The molecule has 0 N–H and O–H groups in total. The molecule has 0 aliphatic heterocycles. The molecule has 208 valence electrons. The largest absolute Gasteiger partial charge is 0.294 e. The van der Waals surface area contributed by atoms with E-state index >= 15 is 0 Å². The smallest absolute Gasteiger partial charge is 0.0147 e. The molecule has 5 saturated carbocycles. The van der Waals surface area contributed by atoms with Gasteiger partial charge in [-0.25, -0.2) is 0 Å². The Kier molecular flexibility index (Phi) is 11.5. The summed E-state index contributed by atoms with van der Waals surface area (Å²) in [5.41, 5.74) is 0. The highest BCUT2D eigenvalue weighted by Crippen LogP contribution is 2.42.